The summed E-state index contributed by atoms with van der Waals surface area (Å²) < 4.78 is 16.4. The molecule has 0 radical (unpaired) electrons. The number of ether oxygens (including phenoxy) is 3. The first-order valence-electron chi connectivity index (χ1n) is 8.56. The van der Waals surface area contributed by atoms with Crippen molar-refractivity contribution in [2.24, 2.45) is 0 Å². The van der Waals surface area contributed by atoms with E-state index >= 15 is 0 Å². The van der Waals surface area contributed by atoms with Crippen molar-refractivity contribution in [1.82, 2.24) is 9.97 Å². The van der Waals surface area contributed by atoms with Crippen molar-refractivity contribution >= 4 is 5.95 Å². The summed E-state index contributed by atoms with van der Waals surface area (Å²) in [5, 5.41) is 0. The third kappa shape index (κ3) is 4.32. The van der Waals surface area contributed by atoms with Crippen LogP contribution >= 0.6 is 0 Å². The lowest BCUT2D eigenvalue weighted by molar-refractivity contribution is 0.377. The molecular weight excluding hydrogens is 318 g/mol. The molecule has 1 aromatic heterocycles. The molecule has 0 saturated carbocycles. The van der Waals surface area contributed by atoms with E-state index in [0.29, 0.717) is 17.2 Å². The molecule has 2 aromatic rings. The monoisotopic (exact) mass is 345 g/mol. The van der Waals surface area contributed by atoms with Crippen LogP contribution in [0.4, 0.5) is 5.95 Å². The number of methoxy groups -OCH3 is 3. The first kappa shape index (κ1) is 18.8. The highest BCUT2D eigenvalue weighted by Crippen LogP contribution is 2.41. The summed E-state index contributed by atoms with van der Waals surface area (Å²) in [6.45, 7) is 6.16. The molecule has 0 aliphatic carbocycles. The maximum atomic E-state index is 5.55. The molecule has 6 heteroatoms. The van der Waals surface area contributed by atoms with E-state index in [1.54, 1.807) is 27.5 Å². The van der Waals surface area contributed by atoms with E-state index in [-0.39, 0.29) is 0 Å². The number of anilines is 1. The van der Waals surface area contributed by atoms with Crippen LogP contribution in [0, 0.1) is 0 Å². The van der Waals surface area contributed by atoms with Crippen molar-refractivity contribution in [2.45, 2.75) is 26.7 Å². The van der Waals surface area contributed by atoms with Gasteiger partial charge in [0.2, 0.25) is 5.95 Å². The molecule has 0 amide bonds. The van der Waals surface area contributed by atoms with Gasteiger partial charge in [0.1, 0.15) is 17.2 Å². The second-order valence-electron chi connectivity index (χ2n) is 5.64. The van der Waals surface area contributed by atoms with Gasteiger partial charge in [-0.15, -0.1) is 0 Å². The highest BCUT2D eigenvalue weighted by molar-refractivity contribution is 5.76. The Bertz CT molecular complexity index is 660. The molecule has 0 unspecified atom stereocenters. The summed E-state index contributed by atoms with van der Waals surface area (Å²) in [6, 6.07) is 5.53. The Labute approximate surface area is 149 Å². The fourth-order valence-corrected chi connectivity index (χ4v) is 2.75. The predicted octanol–water partition coefficient (Wildman–Crippen LogP) is 3.80. The smallest absolute Gasteiger partial charge is 0.225 e. The van der Waals surface area contributed by atoms with Crippen LogP contribution in [0.3, 0.4) is 0 Å². The van der Waals surface area contributed by atoms with Crippen LogP contribution in [-0.4, -0.2) is 44.4 Å². The lowest BCUT2D eigenvalue weighted by Crippen LogP contribution is -2.26. The molecule has 1 heterocycles. The van der Waals surface area contributed by atoms with E-state index in [0.717, 1.165) is 43.1 Å². The summed E-state index contributed by atoms with van der Waals surface area (Å²) in [7, 11) is 4.87. The second-order valence-corrected chi connectivity index (χ2v) is 5.64. The normalized spacial score (nSPS) is 10.4. The van der Waals surface area contributed by atoms with Gasteiger partial charge < -0.3 is 19.1 Å². The molecule has 136 valence electrons. The van der Waals surface area contributed by atoms with Crippen LogP contribution in [0.15, 0.2) is 24.4 Å². The number of hydrogen-bond acceptors (Lipinski definition) is 6. The average Bonchev–Trinajstić information content (AvgIpc) is 2.66. The molecule has 0 spiro atoms. The fraction of sp³-hybridized carbons (Fsp3) is 0.474. The molecule has 0 atom stereocenters. The lowest BCUT2D eigenvalue weighted by atomic mass is 10.1. The fourth-order valence-electron chi connectivity index (χ4n) is 2.75. The van der Waals surface area contributed by atoms with Crippen LogP contribution < -0.4 is 19.1 Å². The van der Waals surface area contributed by atoms with E-state index in [1.807, 2.05) is 18.2 Å². The lowest BCUT2D eigenvalue weighted by Gasteiger charge is -2.22. The van der Waals surface area contributed by atoms with E-state index in [1.165, 1.54) is 0 Å². The van der Waals surface area contributed by atoms with Gasteiger partial charge in [0, 0.05) is 31.4 Å². The SMILES string of the molecule is CCCN(CCC)c1nccc(-c2c(OC)cc(OC)cc2OC)n1. The highest BCUT2D eigenvalue weighted by atomic mass is 16.5. The quantitative estimate of drug-likeness (QED) is 0.689. The Kier molecular flexibility index (Phi) is 6.86. The zero-order valence-electron chi connectivity index (χ0n) is 15.7. The minimum absolute atomic E-state index is 0.651. The van der Waals surface area contributed by atoms with Crippen molar-refractivity contribution in [2.75, 3.05) is 39.3 Å². The summed E-state index contributed by atoms with van der Waals surface area (Å²) in [4.78, 5) is 11.4. The van der Waals surface area contributed by atoms with Gasteiger partial charge in [-0.3, -0.25) is 0 Å². The van der Waals surface area contributed by atoms with Crippen LogP contribution in [-0.2, 0) is 0 Å². The Morgan fingerprint density at radius 1 is 0.920 bits per heavy atom. The standard InChI is InChI=1S/C19H27N3O3/c1-6-10-22(11-7-2)19-20-9-8-15(21-19)18-16(24-4)12-14(23-3)13-17(18)25-5/h8-9,12-13H,6-7,10-11H2,1-5H3. The first-order valence-corrected chi connectivity index (χ1v) is 8.56. The Balaban J connectivity index is 2.53. The van der Waals surface area contributed by atoms with Crippen LogP contribution in [0.1, 0.15) is 26.7 Å². The van der Waals surface area contributed by atoms with Crippen LogP contribution in [0.2, 0.25) is 0 Å². The van der Waals surface area contributed by atoms with E-state index in [9.17, 15) is 0 Å². The van der Waals surface area contributed by atoms with Gasteiger partial charge in [-0.25, -0.2) is 9.97 Å². The highest BCUT2D eigenvalue weighted by Gasteiger charge is 2.18. The van der Waals surface area contributed by atoms with Gasteiger partial charge in [-0.05, 0) is 18.9 Å². The summed E-state index contributed by atoms with van der Waals surface area (Å²) in [6.07, 6.45) is 3.87. The van der Waals surface area contributed by atoms with Crippen LogP contribution in [0.5, 0.6) is 17.2 Å². The van der Waals surface area contributed by atoms with E-state index < -0.39 is 0 Å². The van der Waals surface area contributed by atoms with E-state index in [2.05, 4.69) is 23.7 Å². The van der Waals surface area contributed by atoms with Gasteiger partial charge in [-0.1, -0.05) is 13.8 Å². The maximum Gasteiger partial charge on any atom is 0.225 e. The Morgan fingerprint density at radius 3 is 2.00 bits per heavy atom. The number of nitrogens with zero attached hydrogens (tertiary/aromatic N) is 3. The number of benzene rings is 1. The van der Waals surface area contributed by atoms with Crippen molar-refractivity contribution in [3.63, 3.8) is 0 Å². The minimum atomic E-state index is 0.651. The molecule has 2 rings (SSSR count). The summed E-state index contributed by atoms with van der Waals surface area (Å²) >= 11 is 0. The van der Waals surface area contributed by atoms with Gasteiger partial charge >= 0.3 is 0 Å². The van der Waals surface area contributed by atoms with Gasteiger partial charge in [-0.2, -0.15) is 0 Å². The van der Waals surface area contributed by atoms with E-state index in [4.69, 9.17) is 19.2 Å². The zero-order valence-corrected chi connectivity index (χ0v) is 15.7. The van der Waals surface area contributed by atoms with Crippen molar-refractivity contribution in [3.8, 4) is 28.5 Å². The molecule has 1 aromatic carbocycles. The first-order chi connectivity index (χ1) is 12.2. The Hall–Kier alpha value is -2.50. The third-order valence-corrected chi connectivity index (χ3v) is 3.88. The zero-order chi connectivity index (χ0) is 18.2. The molecule has 0 aliphatic heterocycles. The molecular formula is C19H27N3O3. The van der Waals surface area contributed by atoms with Gasteiger partial charge in [0.25, 0.3) is 0 Å². The van der Waals surface area contributed by atoms with Gasteiger partial charge in [0.15, 0.2) is 0 Å². The van der Waals surface area contributed by atoms with Crippen LogP contribution in [0.25, 0.3) is 11.3 Å². The van der Waals surface area contributed by atoms with Crippen molar-refractivity contribution < 1.29 is 14.2 Å². The number of aromatic nitrogens is 2. The molecule has 0 saturated heterocycles. The number of rotatable bonds is 9. The van der Waals surface area contributed by atoms with Gasteiger partial charge in [0.05, 0.1) is 32.6 Å². The molecule has 25 heavy (non-hydrogen) atoms. The second kappa shape index (κ2) is 9.11. The maximum absolute atomic E-state index is 5.55. The third-order valence-electron chi connectivity index (χ3n) is 3.88. The summed E-state index contributed by atoms with van der Waals surface area (Å²) in [5.74, 6) is 2.70. The predicted molar refractivity (Wildman–Crippen MR) is 99.9 cm³/mol. The number of hydrogen-bond donors (Lipinski definition) is 0. The molecule has 0 N–H and O–H groups in total. The Morgan fingerprint density at radius 2 is 1.52 bits per heavy atom. The summed E-state index contributed by atoms with van der Waals surface area (Å²) in [5.41, 5.74) is 1.56. The average molecular weight is 345 g/mol. The molecule has 6 nitrogen and oxygen atoms in total. The molecule has 0 fully saturated rings. The van der Waals surface area contributed by atoms with Crippen molar-refractivity contribution in [1.29, 1.82) is 0 Å². The molecule has 0 bridgehead atoms. The minimum Gasteiger partial charge on any atom is -0.496 e. The van der Waals surface area contributed by atoms with Crippen molar-refractivity contribution in [3.05, 3.63) is 24.4 Å². The largest absolute Gasteiger partial charge is 0.496 e. The molecule has 0 aliphatic rings. The topological polar surface area (TPSA) is 56.7 Å².